The van der Waals surface area contributed by atoms with Gasteiger partial charge in [0.25, 0.3) is 0 Å². The second-order valence-corrected chi connectivity index (χ2v) is 5.63. The first-order valence-corrected chi connectivity index (χ1v) is 7.19. The summed E-state index contributed by atoms with van der Waals surface area (Å²) in [5, 5.41) is 13.0. The first-order chi connectivity index (χ1) is 8.13. The SMILES string of the molecule is CCC(SCC(=O)NCc1cccs1)C(=O)O. The fourth-order valence-corrected chi connectivity index (χ4v) is 2.67. The molecule has 4 nitrogen and oxygen atoms in total. The van der Waals surface area contributed by atoms with Crippen molar-refractivity contribution in [3.05, 3.63) is 22.4 Å². The van der Waals surface area contributed by atoms with Gasteiger partial charge in [-0.3, -0.25) is 9.59 Å². The highest BCUT2D eigenvalue weighted by atomic mass is 32.2. The Morgan fingerprint density at radius 2 is 2.35 bits per heavy atom. The third kappa shape index (κ3) is 5.23. The second-order valence-electron chi connectivity index (χ2n) is 3.40. The van der Waals surface area contributed by atoms with Crippen LogP contribution in [0.2, 0.25) is 0 Å². The van der Waals surface area contributed by atoms with Gasteiger partial charge in [-0.2, -0.15) is 0 Å². The molecule has 0 saturated heterocycles. The van der Waals surface area contributed by atoms with Gasteiger partial charge in [-0.05, 0) is 17.9 Å². The van der Waals surface area contributed by atoms with Crippen molar-refractivity contribution in [2.45, 2.75) is 25.1 Å². The highest BCUT2D eigenvalue weighted by Crippen LogP contribution is 2.14. The van der Waals surface area contributed by atoms with E-state index < -0.39 is 11.2 Å². The molecule has 17 heavy (non-hydrogen) atoms. The summed E-state index contributed by atoms with van der Waals surface area (Å²) in [5.41, 5.74) is 0. The van der Waals surface area contributed by atoms with Crippen LogP contribution >= 0.6 is 23.1 Å². The van der Waals surface area contributed by atoms with Crippen molar-refractivity contribution in [1.29, 1.82) is 0 Å². The minimum absolute atomic E-state index is 0.122. The van der Waals surface area contributed by atoms with Crippen LogP contribution in [0.15, 0.2) is 17.5 Å². The maximum atomic E-state index is 11.5. The number of aliphatic carboxylic acids is 1. The molecule has 1 atom stereocenters. The number of amides is 1. The zero-order valence-electron chi connectivity index (χ0n) is 9.51. The van der Waals surface area contributed by atoms with E-state index in [2.05, 4.69) is 5.32 Å². The molecule has 0 aromatic carbocycles. The topological polar surface area (TPSA) is 66.4 Å². The molecule has 2 N–H and O–H groups in total. The molecule has 0 saturated carbocycles. The van der Waals surface area contributed by atoms with Crippen molar-refractivity contribution >= 4 is 35.0 Å². The molecule has 6 heteroatoms. The Labute approximate surface area is 108 Å². The number of carbonyl (C=O) groups is 2. The average molecular weight is 273 g/mol. The maximum Gasteiger partial charge on any atom is 0.316 e. The molecular weight excluding hydrogens is 258 g/mol. The normalized spacial score (nSPS) is 12.1. The number of hydrogen-bond donors (Lipinski definition) is 2. The van der Waals surface area contributed by atoms with Gasteiger partial charge in [0.1, 0.15) is 5.25 Å². The van der Waals surface area contributed by atoms with Crippen molar-refractivity contribution in [3.8, 4) is 0 Å². The zero-order valence-corrected chi connectivity index (χ0v) is 11.1. The molecule has 0 bridgehead atoms. The number of carbonyl (C=O) groups excluding carboxylic acids is 1. The van der Waals surface area contributed by atoms with Crippen LogP contribution in [0.4, 0.5) is 0 Å². The van der Waals surface area contributed by atoms with Crippen molar-refractivity contribution < 1.29 is 14.7 Å². The molecule has 1 aromatic rings. The van der Waals surface area contributed by atoms with Gasteiger partial charge in [0.05, 0.1) is 12.3 Å². The van der Waals surface area contributed by atoms with Crippen LogP contribution < -0.4 is 5.32 Å². The predicted octanol–water partition coefficient (Wildman–Crippen LogP) is 1.96. The molecule has 0 aliphatic heterocycles. The number of nitrogens with one attached hydrogen (secondary N) is 1. The van der Waals surface area contributed by atoms with Gasteiger partial charge in [0, 0.05) is 4.88 Å². The quantitative estimate of drug-likeness (QED) is 0.797. The Morgan fingerprint density at radius 1 is 1.59 bits per heavy atom. The lowest BCUT2D eigenvalue weighted by atomic mass is 10.3. The minimum Gasteiger partial charge on any atom is -0.480 e. The average Bonchev–Trinajstić information content (AvgIpc) is 2.79. The molecule has 1 heterocycles. The van der Waals surface area contributed by atoms with Gasteiger partial charge >= 0.3 is 5.97 Å². The Bertz CT molecular complexity index is 365. The molecule has 0 fully saturated rings. The van der Waals surface area contributed by atoms with Crippen LogP contribution in [0.25, 0.3) is 0 Å². The third-order valence-electron chi connectivity index (χ3n) is 2.10. The van der Waals surface area contributed by atoms with Crippen LogP contribution in [0.5, 0.6) is 0 Å². The van der Waals surface area contributed by atoms with Crippen LogP contribution in [0.3, 0.4) is 0 Å². The number of thioether (sulfide) groups is 1. The van der Waals surface area contributed by atoms with E-state index in [1.807, 2.05) is 17.5 Å². The van der Waals surface area contributed by atoms with Crippen molar-refractivity contribution in [2.75, 3.05) is 5.75 Å². The summed E-state index contributed by atoms with van der Waals surface area (Å²) in [6.07, 6.45) is 0.526. The summed E-state index contributed by atoms with van der Waals surface area (Å²) in [7, 11) is 0. The number of thiophene rings is 1. The molecule has 1 unspecified atom stereocenters. The van der Waals surface area contributed by atoms with E-state index >= 15 is 0 Å². The van der Waals surface area contributed by atoms with E-state index in [4.69, 9.17) is 5.11 Å². The predicted molar refractivity (Wildman–Crippen MR) is 70.3 cm³/mol. The zero-order chi connectivity index (χ0) is 12.7. The summed E-state index contributed by atoms with van der Waals surface area (Å²) in [5.74, 6) is -0.789. The van der Waals surface area contributed by atoms with Gasteiger partial charge in [-0.25, -0.2) is 0 Å². The van der Waals surface area contributed by atoms with Crippen LogP contribution in [-0.4, -0.2) is 28.0 Å². The van der Waals surface area contributed by atoms with Crippen LogP contribution in [0.1, 0.15) is 18.2 Å². The first kappa shape index (κ1) is 14.1. The van der Waals surface area contributed by atoms with Crippen molar-refractivity contribution in [1.82, 2.24) is 5.32 Å². The van der Waals surface area contributed by atoms with Gasteiger partial charge in [0.2, 0.25) is 5.91 Å². The lowest BCUT2D eigenvalue weighted by Crippen LogP contribution is -2.26. The molecular formula is C11H15NO3S2. The largest absolute Gasteiger partial charge is 0.480 e. The van der Waals surface area contributed by atoms with Crippen LogP contribution in [0, 0.1) is 0 Å². The van der Waals surface area contributed by atoms with E-state index in [1.54, 1.807) is 18.3 Å². The molecule has 0 radical (unpaired) electrons. The molecule has 0 aliphatic carbocycles. The number of hydrogen-bond acceptors (Lipinski definition) is 4. The summed E-state index contributed by atoms with van der Waals surface area (Å²) < 4.78 is 0. The molecule has 0 aliphatic rings. The van der Waals surface area contributed by atoms with E-state index in [1.165, 1.54) is 11.8 Å². The second kappa shape index (κ2) is 7.34. The molecule has 0 spiro atoms. The van der Waals surface area contributed by atoms with Gasteiger partial charge < -0.3 is 10.4 Å². The molecule has 1 amide bonds. The Hall–Kier alpha value is -1.01. The third-order valence-corrected chi connectivity index (χ3v) is 4.34. The maximum absolute atomic E-state index is 11.5. The molecule has 1 rings (SSSR count). The monoisotopic (exact) mass is 273 g/mol. The summed E-state index contributed by atoms with van der Waals surface area (Å²) >= 11 is 2.75. The summed E-state index contributed by atoms with van der Waals surface area (Å²) in [4.78, 5) is 23.3. The smallest absolute Gasteiger partial charge is 0.316 e. The van der Waals surface area contributed by atoms with Gasteiger partial charge in [0.15, 0.2) is 0 Å². The Kier molecular flexibility index (Phi) is 6.07. The number of rotatable bonds is 7. The lowest BCUT2D eigenvalue weighted by Gasteiger charge is -2.09. The number of carboxylic acid groups (broad SMARTS) is 1. The van der Waals surface area contributed by atoms with E-state index in [0.717, 1.165) is 4.88 Å². The minimum atomic E-state index is -0.858. The first-order valence-electron chi connectivity index (χ1n) is 5.27. The van der Waals surface area contributed by atoms with Gasteiger partial charge in [-0.15, -0.1) is 23.1 Å². The highest BCUT2D eigenvalue weighted by Gasteiger charge is 2.16. The summed E-state index contributed by atoms with van der Waals surface area (Å²) in [6.45, 7) is 2.32. The molecule has 1 aromatic heterocycles. The standard InChI is InChI=1S/C11H15NO3S2/c1-2-9(11(14)15)17-7-10(13)12-6-8-4-3-5-16-8/h3-5,9H,2,6-7H2,1H3,(H,12,13)(H,14,15). The number of carboxylic acids is 1. The Morgan fingerprint density at radius 3 is 2.88 bits per heavy atom. The summed E-state index contributed by atoms with van der Waals surface area (Å²) in [6, 6.07) is 3.88. The molecule has 94 valence electrons. The Balaban J connectivity index is 2.23. The van der Waals surface area contributed by atoms with Gasteiger partial charge in [-0.1, -0.05) is 13.0 Å². The van der Waals surface area contributed by atoms with E-state index in [0.29, 0.717) is 13.0 Å². The van der Waals surface area contributed by atoms with E-state index in [-0.39, 0.29) is 11.7 Å². The van der Waals surface area contributed by atoms with Crippen molar-refractivity contribution in [3.63, 3.8) is 0 Å². The highest BCUT2D eigenvalue weighted by molar-refractivity contribution is 8.01. The van der Waals surface area contributed by atoms with Crippen molar-refractivity contribution in [2.24, 2.45) is 0 Å². The van der Waals surface area contributed by atoms with Crippen LogP contribution in [-0.2, 0) is 16.1 Å². The lowest BCUT2D eigenvalue weighted by molar-refractivity contribution is -0.136. The van der Waals surface area contributed by atoms with E-state index in [9.17, 15) is 9.59 Å². The fourth-order valence-electron chi connectivity index (χ4n) is 1.19. The fraction of sp³-hybridized carbons (Fsp3) is 0.455.